The van der Waals surface area contributed by atoms with Crippen LogP contribution in [0.15, 0.2) is 35.1 Å². The summed E-state index contributed by atoms with van der Waals surface area (Å²) in [6, 6.07) is 9.09. The quantitative estimate of drug-likeness (QED) is 0.667. The highest BCUT2D eigenvalue weighted by molar-refractivity contribution is 6.02. The number of ether oxygens (including phenoxy) is 1. The molecule has 0 aliphatic rings. The number of nitrogens with one attached hydrogen (secondary N) is 1. The van der Waals surface area contributed by atoms with Gasteiger partial charge in [-0.05, 0) is 26.0 Å². The Balaban J connectivity index is 2.30. The van der Waals surface area contributed by atoms with E-state index < -0.39 is 18.3 Å². The van der Waals surface area contributed by atoms with Crippen LogP contribution in [0.1, 0.15) is 19.0 Å². The van der Waals surface area contributed by atoms with Crippen molar-refractivity contribution in [2.24, 2.45) is 7.05 Å². The molecule has 7 nitrogen and oxygen atoms in total. The van der Waals surface area contributed by atoms with Crippen molar-refractivity contribution in [2.75, 3.05) is 11.9 Å². The summed E-state index contributed by atoms with van der Waals surface area (Å²) in [4.78, 5) is 35.8. The van der Waals surface area contributed by atoms with Crippen LogP contribution in [-0.2, 0) is 21.4 Å². The lowest BCUT2D eigenvalue weighted by molar-refractivity contribution is -0.145. The normalized spacial score (nSPS) is 10.4. The fourth-order valence-corrected chi connectivity index (χ4v) is 2.24. The smallest absolute Gasteiger partial charge is 0.315 e. The minimum Gasteiger partial charge on any atom is -0.466 e. The first-order chi connectivity index (χ1) is 11.0. The van der Waals surface area contributed by atoms with E-state index in [1.165, 1.54) is 4.68 Å². The van der Waals surface area contributed by atoms with Gasteiger partial charge in [0.25, 0.3) is 5.56 Å². The number of nitrogens with zero attached hydrogens (tertiary/aromatic N) is 2. The van der Waals surface area contributed by atoms with Gasteiger partial charge in [0.2, 0.25) is 5.91 Å². The number of carbonyl (C=O) groups is 2. The highest BCUT2D eigenvalue weighted by atomic mass is 16.5. The van der Waals surface area contributed by atoms with E-state index in [1.54, 1.807) is 37.7 Å². The van der Waals surface area contributed by atoms with Crippen molar-refractivity contribution in [3.63, 3.8) is 0 Å². The lowest BCUT2D eigenvalue weighted by Gasteiger charge is -2.07. The highest BCUT2D eigenvalue weighted by Gasteiger charge is 2.19. The number of benzene rings is 1. The molecule has 2 rings (SSSR count). The molecule has 0 bridgehead atoms. The van der Waals surface area contributed by atoms with E-state index in [2.05, 4.69) is 5.32 Å². The second-order valence-corrected chi connectivity index (χ2v) is 4.97. The van der Waals surface area contributed by atoms with Crippen LogP contribution in [0.3, 0.4) is 0 Å². The van der Waals surface area contributed by atoms with Gasteiger partial charge in [-0.2, -0.15) is 0 Å². The number of para-hydroxylation sites is 1. The van der Waals surface area contributed by atoms with Gasteiger partial charge in [0.05, 0.1) is 18.0 Å². The van der Waals surface area contributed by atoms with Crippen LogP contribution in [0.25, 0.3) is 5.69 Å². The van der Waals surface area contributed by atoms with Crippen LogP contribution in [0.5, 0.6) is 0 Å². The molecular formula is C16H19N3O4. The molecule has 1 heterocycles. The Hall–Kier alpha value is -2.83. The first-order valence-electron chi connectivity index (χ1n) is 7.25. The van der Waals surface area contributed by atoms with Crippen LogP contribution in [-0.4, -0.2) is 27.8 Å². The molecule has 0 atom stereocenters. The molecular weight excluding hydrogens is 298 g/mol. The van der Waals surface area contributed by atoms with Gasteiger partial charge in [-0.15, -0.1) is 0 Å². The third kappa shape index (κ3) is 3.50. The van der Waals surface area contributed by atoms with E-state index in [9.17, 15) is 14.4 Å². The number of carbonyl (C=O) groups excluding carboxylic acids is 2. The van der Waals surface area contributed by atoms with Crippen LogP contribution in [0, 0.1) is 6.92 Å². The maximum Gasteiger partial charge on any atom is 0.315 e. The Kier molecular flexibility index (Phi) is 5.00. The second kappa shape index (κ2) is 6.95. The van der Waals surface area contributed by atoms with Gasteiger partial charge >= 0.3 is 5.97 Å². The van der Waals surface area contributed by atoms with Crippen molar-refractivity contribution in [3.8, 4) is 5.69 Å². The maximum atomic E-state index is 12.6. The number of aromatic nitrogens is 2. The molecule has 122 valence electrons. The van der Waals surface area contributed by atoms with Crippen LogP contribution < -0.4 is 10.9 Å². The lowest BCUT2D eigenvalue weighted by atomic mass is 10.3. The van der Waals surface area contributed by atoms with Crippen molar-refractivity contribution in [1.29, 1.82) is 0 Å². The number of anilines is 1. The van der Waals surface area contributed by atoms with Crippen LogP contribution in [0.4, 0.5) is 5.69 Å². The van der Waals surface area contributed by atoms with E-state index in [4.69, 9.17) is 4.74 Å². The SMILES string of the molecule is CCOC(=O)CC(=O)Nc1c(C)n(C)n(-c2ccccc2)c1=O. The third-order valence-corrected chi connectivity index (χ3v) is 3.43. The Morgan fingerprint density at radius 1 is 1.22 bits per heavy atom. The molecule has 1 aromatic heterocycles. The predicted octanol–water partition coefficient (Wildman–Crippen LogP) is 1.38. The Morgan fingerprint density at radius 2 is 1.87 bits per heavy atom. The summed E-state index contributed by atoms with van der Waals surface area (Å²) in [5.74, 6) is -1.20. The van der Waals surface area contributed by atoms with Gasteiger partial charge in [0.15, 0.2) is 0 Å². The molecule has 1 N–H and O–H groups in total. The molecule has 1 amide bonds. The highest BCUT2D eigenvalue weighted by Crippen LogP contribution is 2.14. The number of esters is 1. The van der Waals surface area contributed by atoms with Gasteiger partial charge in [0, 0.05) is 7.05 Å². The number of hydrogen-bond acceptors (Lipinski definition) is 4. The van der Waals surface area contributed by atoms with Crippen LogP contribution >= 0.6 is 0 Å². The summed E-state index contributed by atoms with van der Waals surface area (Å²) < 4.78 is 7.82. The Bertz CT molecular complexity index is 775. The van der Waals surface area contributed by atoms with Gasteiger partial charge in [-0.3, -0.25) is 19.1 Å². The number of amides is 1. The minimum absolute atomic E-state index is 0.158. The predicted molar refractivity (Wildman–Crippen MR) is 85.6 cm³/mol. The number of rotatable bonds is 5. The third-order valence-electron chi connectivity index (χ3n) is 3.43. The van der Waals surface area contributed by atoms with E-state index in [0.717, 1.165) is 0 Å². The molecule has 0 saturated carbocycles. The average Bonchev–Trinajstić information content (AvgIpc) is 2.72. The zero-order valence-corrected chi connectivity index (χ0v) is 13.3. The van der Waals surface area contributed by atoms with Gasteiger partial charge in [-0.25, -0.2) is 4.68 Å². The van der Waals surface area contributed by atoms with E-state index >= 15 is 0 Å². The average molecular weight is 317 g/mol. The molecule has 7 heteroatoms. The molecule has 0 unspecified atom stereocenters. The monoisotopic (exact) mass is 317 g/mol. The zero-order chi connectivity index (χ0) is 17.0. The molecule has 2 aromatic rings. The molecule has 0 radical (unpaired) electrons. The van der Waals surface area contributed by atoms with Crippen molar-refractivity contribution >= 4 is 17.6 Å². The van der Waals surface area contributed by atoms with Gasteiger partial charge < -0.3 is 10.1 Å². The Morgan fingerprint density at radius 3 is 2.48 bits per heavy atom. The first kappa shape index (κ1) is 16.5. The summed E-state index contributed by atoms with van der Waals surface area (Å²) in [6.07, 6.45) is -0.424. The van der Waals surface area contributed by atoms with Crippen molar-refractivity contribution in [2.45, 2.75) is 20.3 Å². The molecule has 0 spiro atoms. The van der Waals surface area contributed by atoms with Gasteiger partial charge in [-0.1, -0.05) is 18.2 Å². The minimum atomic E-state index is -0.623. The fourth-order valence-electron chi connectivity index (χ4n) is 2.24. The standard InChI is InChI=1S/C16H19N3O4/c1-4-23-14(21)10-13(20)17-15-11(2)18(3)19(16(15)22)12-8-6-5-7-9-12/h5-9H,4,10H2,1-3H3,(H,17,20). The first-order valence-corrected chi connectivity index (χ1v) is 7.25. The van der Waals surface area contributed by atoms with Crippen molar-refractivity contribution in [1.82, 2.24) is 9.36 Å². The molecule has 23 heavy (non-hydrogen) atoms. The fraction of sp³-hybridized carbons (Fsp3) is 0.312. The molecule has 0 saturated heterocycles. The molecule has 0 fully saturated rings. The molecule has 1 aromatic carbocycles. The van der Waals surface area contributed by atoms with Gasteiger partial charge in [0.1, 0.15) is 12.1 Å². The zero-order valence-electron chi connectivity index (χ0n) is 13.3. The van der Waals surface area contributed by atoms with E-state index in [0.29, 0.717) is 11.4 Å². The summed E-state index contributed by atoms with van der Waals surface area (Å²) in [6.45, 7) is 3.59. The second-order valence-electron chi connectivity index (χ2n) is 4.97. The summed E-state index contributed by atoms with van der Waals surface area (Å²) in [7, 11) is 1.73. The largest absolute Gasteiger partial charge is 0.466 e. The number of hydrogen-bond donors (Lipinski definition) is 1. The summed E-state index contributed by atoms with van der Waals surface area (Å²) >= 11 is 0. The summed E-state index contributed by atoms with van der Waals surface area (Å²) in [5.41, 5.74) is 1.09. The summed E-state index contributed by atoms with van der Waals surface area (Å²) in [5, 5.41) is 2.50. The van der Waals surface area contributed by atoms with Crippen molar-refractivity contribution < 1.29 is 14.3 Å². The van der Waals surface area contributed by atoms with Crippen molar-refractivity contribution in [3.05, 3.63) is 46.4 Å². The Labute approximate surface area is 133 Å². The van der Waals surface area contributed by atoms with E-state index in [-0.39, 0.29) is 17.9 Å². The molecule has 0 aliphatic heterocycles. The van der Waals surface area contributed by atoms with Crippen LogP contribution in [0.2, 0.25) is 0 Å². The molecule has 0 aliphatic carbocycles. The maximum absolute atomic E-state index is 12.6. The van der Waals surface area contributed by atoms with E-state index in [1.807, 2.05) is 18.2 Å². The lowest BCUT2D eigenvalue weighted by Crippen LogP contribution is -2.24. The topological polar surface area (TPSA) is 82.3 Å².